The number of nitrogens with zero attached hydrogens (tertiary/aromatic N) is 3. The van der Waals surface area contributed by atoms with Crippen molar-refractivity contribution in [3.63, 3.8) is 0 Å². The average Bonchev–Trinajstić information content (AvgIpc) is 3.44. The molecule has 2 fully saturated rings. The van der Waals surface area contributed by atoms with E-state index in [1.165, 1.54) is 18.5 Å². The predicted octanol–water partition coefficient (Wildman–Crippen LogP) is 3.92. The maximum absolute atomic E-state index is 6.52. The van der Waals surface area contributed by atoms with Crippen molar-refractivity contribution >= 4 is 22.8 Å². The van der Waals surface area contributed by atoms with E-state index in [0.29, 0.717) is 23.7 Å². The van der Waals surface area contributed by atoms with E-state index >= 15 is 0 Å². The van der Waals surface area contributed by atoms with Crippen LogP contribution in [0.25, 0.3) is 5.65 Å². The molecule has 1 aromatic carbocycles. The minimum Gasteiger partial charge on any atom is -0.382 e. The van der Waals surface area contributed by atoms with Gasteiger partial charge in [0.2, 0.25) is 0 Å². The standard InChI is InChI=1S/C21H26N6/c22-15-10-8-14(9-11-15)18-19(25-16-4-2-1-3-5-16)21-24-12-17(13-6-7-13)27(21)26-20(18)23/h1-5,12-15,25H,6-11,22H2,(H2,23,26). The quantitative estimate of drug-likeness (QED) is 0.654. The van der Waals surface area contributed by atoms with Crippen LogP contribution < -0.4 is 16.8 Å². The van der Waals surface area contributed by atoms with Crippen molar-refractivity contribution in [2.24, 2.45) is 5.73 Å². The molecular weight excluding hydrogens is 336 g/mol. The first-order chi connectivity index (χ1) is 13.2. The molecule has 0 atom stereocenters. The van der Waals surface area contributed by atoms with E-state index in [0.717, 1.165) is 48.3 Å². The van der Waals surface area contributed by atoms with Crippen molar-refractivity contribution in [2.75, 3.05) is 11.1 Å². The van der Waals surface area contributed by atoms with Gasteiger partial charge < -0.3 is 16.8 Å². The second-order valence-electron chi connectivity index (χ2n) is 7.97. The summed E-state index contributed by atoms with van der Waals surface area (Å²) in [5.74, 6) is 1.55. The van der Waals surface area contributed by atoms with Crippen molar-refractivity contribution in [2.45, 2.75) is 56.4 Å². The Hall–Kier alpha value is -2.60. The molecule has 6 heteroatoms. The molecule has 2 aliphatic carbocycles. The van der Waals surface area contributed by atoms with Crippen LogP contribution >= 0.6 is 0 Å². The molecule has 3 aromatic rings. The Kier molecular flexibility index (Phi) is 4.01. The number of benzene rings is 1. The fourth-order valence-corrected chi connectivity index (χ4v) is 4.31. The third-order valence-electron chi connectivity index (χ3n) is 5.96. The van der Waals surface area contributed by atoms with Gasteiger partial charge in [-0.15, -0.1) is 5.10 Å². The first-order valence-corrected chi connectivity index (χ1v) is 9.95. The van der Waals surface area contributed by atoms with Gasteiger partial charge in [-0.25, -0.2) is 9.50 Å². The molecule has 140 valence electrons. The lowest BCUT2D eigenvalue weighted by atomic mass is 9.81. The maximum atomic E-state index is 6.52. The summed E-state index contributed by atoms with van der Waals surface area (Å²) < 4.78 is 1.95. The molecule has 0 radical (unpaired) electrons. The Morgan fingerprint density at radius 1 is 0.963 bits per heavy atom. The van der Waals surface area contributed by atoms with Gasteiger partial charge in [0.25, 0.3) is 0 Å². The van der Waals surface area contributed by atoms with E-state index in [4.69, 9.17) is 21.5 Å². The Morgan fingerprint density at radius 2 is 1.67 bits per heavy atom. The van der Waals surface area contributed by atoms with Crippen molar-refractivity contribution in [1.82, 2.24) is 14.6 Å². The van der Waals surface area contributed by atoms with Crippen LogP contribution in [-0.4, -0.2) is 20.6 Å². The number of para-hydroxylation sites is 1. The summed E-state index contributed by atoms with van der Waals surface area (Å²) >= 11 is 0. The third kappa shape index (κ3) is 3.04. The summed E-state index contributed by atoms with van der Waals surface area (Å²) in [5, 5.41) is 8.36. The molecule has 2 aliphatic rings. The normalized spacial score (nSPS) is 22.9. The second kappa shape index (κ2) is 6.53. The van der Waals surface area contributed by atoms with Gasteiger partial charge in [-0.1, -0.05) is 18.2 Å². The fraction of sp³-hybridized carbons (Fsp3) is 0.429. The Balaban J connectivity index is 1.65. The van der Waals surface area contributed by atoms with Gasteiger partial charge in [0.05, 0.1) is 17.6 Å². The monoisotopic (exact) mass is 362 g/mol. The number of aromatic nitrogens is 3. The number of hydrogen-bond donors (Lipinski definition) is 3. The minimum atomic E-state index is 0.303. The van der Waals surface area contributed by atoms with Gasteiger partial charge in [-0.3, -0.25) is 0 Å². The summed E-state index contributed by atoms with van der Waals surface area (Å²) in [6, 6.07) is 10.5. The highest BCUT2D eigenvalue weighted by atomic mass is 15.3. The second-order valence-corrected chi connectivity index (χ2v) is 7.97. The molecule has 5 rings (SSSR count). The zero-order chi connectivity index (χ0) is 18.4. The number of imidazole rings is 1. The van der Waals surface area contributed by atoms with Gasteiger partial charge in [-0.05, 0) is 56.6 Å². The smallest absolute Gasteiger partial charge is 0.178 e. The van der Waals surface area contributed by atoms with Crippen LogP contribution in [-0.2, 0) is 0 Å². The third-order valence-corrected chi connectivity index (χ3v) is 5.96. The molecule has 6 nitrogen and oxygen atoms in total. The predicted molar refractivity (Wildman–Crippen MR) is 108 cm³/mol. The van der Waals surface area contributed by atoms with E-state index in [-0.39, 0.29) is 0 Å². The highest BCUT2D eigenvalue weighted by Crippen LogP contribution is 2.44. The molecule has 2 heterocycles. The van der Waals surface area contributed by atoms with Crippen molar-refractivity contribution in [3.8, 4) is 0 Å². The van der Waals surface area contributed by atoms with E-state index in [9.17, 15) is 0 Å². The van der Waals surface area contributed by atoms with Crippen LogP contribution in [0, 0.1) is 0 Å². The van der Waals surface area contributed by atoms with Crippen LogP contribution in [0.5, 0.6) is 0 Å². The summed E-state index contributed by atoms with van der Waals surface area (Å²) in [6.45, 7) is 0. The van der Waals surface area contributed by atoms with E-state index in [2.05, 4.69) is 17.4 Å². The molecule has 27 heavy (non-hydrogen) atoms. The number of fused-ring (bicyclic) bond motifs is 1. The lowest BCUT2D eigenvalue weighted by molar-refractivity contribution is 0.396. The Labute approximate surface area is 159 Å². The zero-order valence-electron chi connectivity index (χ0n) is 15.4. The Morgan fingerprint density at radius 3 is 2.37 bits per heavy atom. The number of rotatable bonds is 4. The van der Waals surface area contributed by atoms with Gasteiger partial charge in [0.1, 0.15) is 5.82 Å². The van der Waals surface area contributed by atoms with Crippen LogP contribution in [0.15, 0.2) is 36.5 Å². The van der Waals surface area contributed by atoms with Gasteiger partial charge in [0.15, 0.2) is 5.65 Å². The topological polar surface area (TPSA) is 94.3 Å². The molecular formula is C21H26N6. The van der Waals surface area contributed by atoms with Gasteiger partial charge in [-0.2, -0.15) is 0 Å². The SMILES string of the molecule is Nc1nn2c(C3CC3)cnc2c(Nc2ccccc2)c1C1CCC(N)CC1. The van der Waals surface area contributed by atoms with Crippen LogP contribution in [0.4, 0.5) is 17.2 Å². The number of nitrogens with one attached hydrogen (secondary N) is 1. The fourth-order valence-electron chi connectivity index (χ4n) is 4.31. The van der Waals surface area contributed by atoms with E-state index in [1.54, 1.807) is 0 Å². The van der Waals surface area contributed by atoms with Crippen LogP contribution in [0.2, 0.25) is 0 Å². The molecule has 0 aliphatic heterocycles. The number of nitrogens with two attached hydrogens (primary N) is 2. The molecule has 2 aromatic heterocycles. The van der Waals surface area contributed by atoms with Crippen LogP contribution in [0.3, 0.4) is 0 Å². The molecule has 0 amide bonds. The summed E-state index contributed by atoms with van der Waals surface area (Å²) in [6.07, 6.45) is 8.53. The lowest BCUT2D eigenvalue weighted by Gasteiger charge is -2.29. The highest BCUT2D eigenvalue weighted by molar-refractivity contribution is 5.81. The van der Waals surface area contributed by atoms with Gasteiger partial charge in [0, 0.05) is 23.2 Å². The molecule has 2 saturated carbocycles. The summed E-state index contributed by atoms with van der Waals surface area (Å²) in [5.41, 5.74) is 17.8. The largest absolute Gasteiger partial charge is 0.382 e. The number of anilines is 3. The molecule has 0 spiro atoms. The van der Waals surface area contributed by atoms with Crippen molar-refractivity contribution < 1.29 is 0 Å². The van der Waals surface area contributed by atoms with E-state index < -0.39 is 0 Å². The highest BCUT2D eigenvalue weighted by Gasteiger charge is 2.31. The first-order valence-electron chi connectivity index (χ1n) is 9.95. The van der Waals surface area contributed by atoms with Crippen LogP contribution in [0.1, 0.15) is 61.6 Å². The molecule has 0 saturated heterocycles. The first kappa shape index (κ1) is 16.6. The number of nitrogen functional groups attached to an aromatic ring is 1. The van der Waals surface area contributed by atoms with Gasteiger partial charge >= 0.3 is 0 Å². The van der Waals surface area contributed by atoms with Crippen molar-refractivity contribution in [1.29, 1.82) is 0 Å². The van der Waals surface area contributed by atoms with Crippen molar-refractivity contribution in [3.05, 3.63) is 47.8 Å². The molecule has 0 bridgehead atoms. The minimum absolute atomic E-state index is 0.303. The zero-order valence-corrected chi connectivity index (χ0v) is 15.4. The lowest BCUT2D eigenvalue weighted by Crippen LogP contribution is -2.26. The Bertz CT molecular complexity index is 952. The molecule has 5 N–H and O–H groups in total. The molecule has 0 unspecified atom stereocenters. The van der Waals surface area contributed by atoms with E-state index in [1.807, 2.05) is 28.9 Å². The maximum Gasteiger partial charge on any atom is 0.178 e. The summed E-state index contributed by atoms with van der Waals surface area (Å²) in [4.78, 5) is 4.75. The number of hydrogen-bond acceptors (Lipinski definition) is 5. The average molecular weight is 362 g/mol. The summed E-state index contributed by atoms with van der Waals surface area (Å²) in [7, 11) is 0.